The number of rotatable bonds is 7. The lowest BCUT2D eigenvalue weighted by Gasteiger charge is -2.09. The van der Waals surface area contributed by atoms with Crippen LogP contribution < -0.4 is 10.6 Å². The van der Waals surface area contributed by atoms with Crippen LogP contribution in [0.4, 0.5) is 5.82 Å². The van der Waals surface area contributed by atoms with E-state index in [4.69, 9.17) is 11.6 Å². The normalized spacial score (nSPS) is 10.6. The number of hydrogen-bond donors (Lipinski definition) is 2. The van der Waals surface area contributed by atoms with Crippen molar-refractivity contribution < 1.29 is 4.79 Å². The Morgan fingerprint density at radius 3 is 2.74 bits per heavy atom. The van der Waals surface area contributed by atoms with Crippen LogP contribution in [0.15, 0.2) is 12.3 Å². The molecule has 1 heterocycles. The molecule has 1 rings (SSSR count). The molecule has 0 fully saturated rings. The van der Waals surface area contributed by atoms with Gasteiger partial charge in [-0.1, -0.05) is 32.4 Å². The zero-order valence-electron chi connectivity index (χ0n) is 11.8. The van der Waals surface area contributed by atoms with Crippen LogP contribution >= 0.6 is 11.6 Å². The molecule has 0 spiro atoms. The summed E-state index contributed by atoms with van der Waals surface area (Å²) in [7, 11) is 0. The van der Waals surface area contributed by atoms with Crippen LogP contribution in [0, 0.1) is 5.92 Å². The molecule has 0 saturated heterocycles. The molecule has 0 aliphatic heterocycles. The fraction of sp³-hybridized carbons (Fsp3) is 0.571. The molecule has 0 aliphatic carbocycles. The van der Waals surface area contributed by atoms with E-state index in [2.05, 4.69) is 36.4 Å². The molecule has 0 radical (unpaired) electrons. The molecule has 1 aromatic rings. The highest BCUT2D eigenvalue weighted by molar-refractivity contribution is 6.33. The maximum Gasteiger partial charge on any atom is 0.252 e. The molecule has 0 saturated carbocycles. The molecule has 0 aliphatic rings. The van der Waals surface area contributed by atoms with Crippen molar-refractivity contribution in [3.05, 3.63) is 22.8 Å². The Bertz CT molecular complexity index is 421. The van der Waals surface area contributed by atoms with E-state index in [1.807, 2.05) is 0 Å². The lowest BCUT2D eigenvalue weighted by atomic mass is 10.1. The topological polar surface area (TPSA) is 54.0 Å². The second kappa shape index (κ2) is 8.00. The summed E-state index contributed by atoms with van der Waals surface area (Å²) in [5.41, 5.74) is 0.496. The van der Waals surface area contributed by atoms with Gasteiger partial charge in [-0.2, -0.15) is 0 Å². The van der Waals surface area contributed by atoms with E-state index in [1.165, 1.54) is 0 Å². The molecule has 4 nitrogen and oxygen atoms in total. The van der Waals surface area contributed by atoms with E-state index < -0.39 is 0 Å². The summed E-state index contributed by atoms with van der Waals surface area (Å²) >= 11 is 6.09. The van der Waals surface area contributed by atoms with Crippen molar-refractivity contribution >= 4 is 23.3 Å². The summed E-state index contributed by atoms with van der Waals surface area (Å²) in [4.78, 5) is 16.0. The molecular formula is C14H22ClN3O. The number of carbonyl (C=O) groups is 1. The Kier molecular flexibility index (Phi) is 6.64. The Balaban J connectivity index is 2.59. The molecule has 1 amide bonds. The number of carbonyl (C=O) groups excluding carboxylic acids is 1. The fourth-order valence-electron chi connectivity index (χ4n) is 1.51. The largest absolute Gasteiger partial charge is 0.369 e. The van der Waals surface area contributed by atoms with Gasteiger partial charge in [0.2, 0.25) is 0 Å². The quantitative estimate of drug-likeness (QED) is 0.807. The number of halogens is 1. The third-order valence-electron chi connectivity index (χ3n) is 2.65. The maximum absolute atomic E-state index is 11.9. The Labute approximate surface area is 120 Å². The Morgan fingerprint density at radius 2 is 2.16 bits per heavy atom. The molecule has 2 N–H and O–H groups in total. The summed E-state index contributed by atoms with van der Waals surface area (Å²) in [5, 5.41) is 6.45. The van der Waals surface area contributed by atoms with Crippen molar-refractivity contribution in [2.45, 2.75) is 33.6 Å². The molecule has 0 bridgehead atoms. The Morgan fingerprint density at radius 1 is 1.42 bits per heavy atom. The number of nitrogens with zero attached hydrogens (tertiary/aromatic N) is 1. The van der Waals surface area contributed by atoms with E-state index in [0.717, 1.165) is 19.4 Å². The third kappa shape index (κ3) is 5.47. The average molecular weight is 284 g/mol. The predicted molar refractivity (Wildman–Crippen MR) is 79.8 cm³/mol. The summed E-state index contributed by atoms with van der Waals surface area (Å²) in [5.74, 6) is 1.07. The van der Waals surface area contributed by atoms with Gasteiger partial charge in [0.1, 0.15) is 5.82 Å². The Hall–Kier alpha value is -1.29. The van der Waals surface area contributed by atoms with Gasteiger partial charge < -0.3 is 10.6 Å². The minimum Gasteiger partial charge on any atom is -0.369 e. The van der Waals surface area contributed by atoms with E-state index in [1.54, 1.807) is 12.3 Å². The van der Waals surface area contributed by atoms with Crippen LogP contribution in [0.3, 0.4) is 0 Å². The van der Waals surface area contributed by atoms with Gasteiger partial charge in [-0.05, 0) is 24.8 Å². The number of nitrogens with one attached hydrogen (secondary N) is 2. The first kappa shape index (κ1) is 15.8. The second-order valence-electron chi connectivity index (χ2n) is 4.92. The van der Waals surface area contributed by atoms with Crippen molar-refractivity contribution in [2.24, 2.45) is 5.92 Å². The van der Waals surface area contributed by atoms with Gasteiger partial charge in [-0.3, -0.25) is 4.79 Å². The van der Waals surface area contributed by atoms with Crippen molar-refractivity contribution in [2.75, 3.05) is 18.4 Å². The molecule has 0 atom stereocenters. The third-order valence-corrected chi connectivity index (χ3v) is 2.94. The lowest BCUT2D eigenvalue weighted by molar-refractivity contribution is 0.0951. The van der Waals surface area contributed by atoms with E-state index in [0.29, 0.717) is 28.9 Å². The number of anilines is 1. The summed E-state index contributed by atoms with van der Waals surface area (Å²) in [6.07, 6.45) is 3.51. The molecule has 0 aromatic carbocycles. The first-order valence-corrected chi connectivity index (χ1v) is 7.10. The van der Waals surface area contributed by atoms with Crippen molar-refractivity contribution in [1.82, 2.24) is 10.3 Å². The summed E-state index contributed by atoms with van der Waals surface area (Å²) in [6.45, 7) is 7.80. The van der Waals surface area contributed by atoms with Gasteiger partial charge in [0.05, 0.1) is 10.6 Å². The van der Waals surface area contributed by atoms with Gasteiger partial charge in [-0.25, -0.2) is 4.98 Å². The second-order valence-corrected chi connectivity index (χ2v) is 5.33. The molecular weight excluding hydrogens is 262 g/mol. The summed E-state index contributed by atoms with van der Waals surface area (Å²) < 4.78 is 0. The monoisotopic (exact) mass is 283 g/mol. The fourth-order valence-corrected chi connectivity index (χ4v) is 1.75. The van der Waals surface area contributed by atoms with E-state index in [9.17, 15) is 4.79 Å². The highest BCUT2D eigenvalue weighted by Gasteiger charge is 2.09. The van der Waals surface area contributed by atoms with E-state index >= 15 is 0 Å². The van der Waals surface area contributed by atoms with Gasteiger partial charge in [0.15, 0.2) is 0 Å². The molecule has 19 heavy (non-hydrogen) atoms. The minimum atomic E-state index is -0.128. The summed E-state index contributed by atoms with van der Waals surface area (Å²) in [6, 6.07) is 1.65. The first-order valence-electron chi connectivity index (χ1n) is 6.72. The predicted octanol–water partition coefficient (Wildman–Crippen LogP) is 3.33. The van der Waals surface area contributed by atoms with Crippen molar-refractivity contribution in [1.29, 1.82) is 0 Å². The minimum absolute atomic E-state index is 0.128. The molecule has 1 aromatic heterocycles. The zero-order valence-corrected chi connectivity index (χ0v) is 12.5. The van der Waals surface area contributed by atoms with Crippen LogP contribution in [0.2, 0.25) is 5.02 Å². The van der Waals surface area contributed by atoms with Crippen LogP contribution in [0.25, 0.3) is 0 Å². The van der Waals surface area contributed by atoms with E-state index in [-0.39, 0.29) is 5.91 Å². The van der Waals surface area contributed by atoms with Crippen LogP contribution in [-0.4, -0.2) is 24.0 Å². The number of pyridine rings is 1. The van der Waals surface area contributed by atoms with Crippen molar-refractivity contribution in [3.63, 3.8) is 0 Å². The van der Waals surface area contributed by atoms with Gasteiger partial charge in [0, 0.05) is 19.3 Å². The highest BCUT2D eigenvalue weighted by Crippen LogP contribution is 2.20. The standard InChI is InChI=1S/C14H22ClN3O/c1-4-6-16-13-12(15)8-11(9-18-13)14(19)17-7-5-10(2)3/h8-10H,4-7H2,1-3H3,(H,16,18)(H,17,19). The maximum atomic E-state index is 11.9. The lowest BCUT2D eigenvalue weighted by Crippen LogP contribution is -2.25. The molecule has 5 heteroatoms. The van der Waals surface area contributed by atoms with Crippen LogP contribution in [0.5, 0.6) is 0 Å². The van der Waals surface area contributed by atoms with Crippen LogP contribution in [0.1, 0.15) is 44.0 Å². The van der Waals surface area contributed by atoms with Gasteiger partial charge in [-0.15, -0.1) is 0 Å². The molecule has 106 valence electrons. The number of amides is 1. The number of hydrogen-bond acceptors (Lipinski definition) is 3. The zero-order chi connectivity index (χ0) is 14.3. The first-order chi connectivity index (χ1) is 9.04. The van der Waals surface area contributed by atoms with Gasteiger partial charge >= 0.3 is 0 Å². The highest BCUT2D eigenvalue weighted by atomic mass is 35.5. The number of aromatic nitrogens is 1. The smallest absolute Gasteiger partial charge is 0.252 e. The van der Waals surface area contributed by atoms with Crippen molar-refractivity contribution in [3.8, 4) is 0 Å². The molecule has 0 unspecified atom stereocenters. The average Bonchev–Trinajstić information content (AvgIpc) is 2.36. The SMILES string of the molecule is CCCNc1ncc(C(=O)NCCC(C)C)cc1Cl. The van der Waals surface area contributed by atoms with Crippen LogP contribution in [-0.2, 0) is 0 Å². The van der Waals surface area contributed by atoms with Gasteiger partial charge in [0.25, 0.3) is 5.91 Å².